The minimum absolute atomic E-state index is 0.249. The molecule has 0 unspecified atom stereocenters. The minimum Gasteiger partial charge on any atom is -0.461 e. The Labute approximate surface area is 107 Å². The van der Waals surface area contributed by atoms with E-state index in [4.69, 9.17) is 4.74 Å². The number of carbonyl (C=O) groups is 1. The zero-order valence-corrected chi connectivity index (χ0v) is 10.6. The summed E-state index contributed by atoms with van der Waals surface area (Å²) < 4.78 is 4.98. The van der Waals surface area contributed by atoms with E-state index in [2.05, 4.69) is 30.3 Å². The molecule has 0 aromatic heterocycles. The van der Waals surface area contributed by atoms with Crippen LogP contribution < -0.4 is 0 Å². The highest BCUT2D eigenvalue weighted by Gasteiger charge is 1.99. The van der Waals surface area contributed by atoms with Crippen LogP contribution >= 0.6 is 0 Å². The third kappa shape index (κ3) is 2.98. The van der Waals surface area contributed by atoms with Crippen molar-refractivity contribution in [3.63, 3.8) is 0 Å². The van der Waals surface area contributed by atoms with E-state index in [1.165, 1.54) is 17.7 Å². The summed E-state index contributed by atoms with van der Waals surface area (Å²) in [6.45, 7) is 3.73. The van der Waals surface area contributed by atoms with Crippen LogP contribution in [-0.4, -0.2) is 12.6 Å². The van der Waals surface area contributed by atoms with Gasteiger partial charge in [0.1, 0.15) is 6.61 Å². The van der Waals surface area contributed by atoms with Gasteiger partial charge in [0.2, 0.25) is 0 Å². The molecule has 0 aliphatic carbocycles. The van der Waals surface area contributed by atoms with Crippen molar-refractivity contribution < 1.29 is 9.53 Å². The lowest BCUT2D eigenvalue weighted by Gasteiger charge is -2.05. The van der Waals surface area contributed by atoms with E-state index < -0.39 is 0 Å². The monoisotopic (exact) mass is 240 g/mol. The molecule has 0 spiro atoms. The first-order valence-electron chi connectivity index (χ1n) is 5.95. The second-order valence-corrected chi connectivity index (χ2v) is 4.34. The molecular formula is C16H16O2. The van der Waals surface area contributed by atoms with Gasteiger partial charge in [-0.15, -0.1) is 0 Å². The largest absolute Gasteiger partial charge is 0.461 e. The van der Waals surface area contributed by atoms with Crippen LogP contribution in [0.15, 0.2) is 48.0 Å². The van der Waals surface area contributed by atoms with Crippen molar-refractivity contribution in [2.45, 2.75) is 13.8 Å². The molecule has 0 atom stereocenters. The van der Waals surface area contributed by atoms with Gasteiger partial charge in [-0.1, -0.05) is 48.5 Å². The molecule has 2 heteroatoms. The average Bonchev–Trinajstić information content (AvgIpc) is 2.37. The number of rotatable bonds is 3. The van der Waals surface area contributed by atoms with Gasteiger partial charge >= 0.3 is 5.97 Å². The van der Waals surface area contributed by atoms with Gasteiger partial charge in [0, 0.05) is 6.92 Å². The molecule has 0 fully saturated rings. The van der Waals surface area contributed by atoms with E-state index >= 15 is 0 Å². The Morgan fingerprint density at radius 1 is 1.11 bits per heavy atom. The fourth-order valence-electron chi connectivity index (χ4n) is 1.90. The van der Waals surface area contributed by atoms with Crippen molar-refractivity contribution in [3.8, 4) is 0 Å². The zero-order valence-electron chi connectivity index (χ0n) is 10.6. The van der Waals surface area contributed by atoms with Crippen molar-refractivity contribution in [1.29, 1.82) is 0 Å². The Hall–Kier alpha value is -2.09. The van der Waals surface area contributed by atoms with Crippen molar-refractivity contribution >= 4 is 22.8 Å². The normalized spacial score (nSPS) is 11.6. The summed E-state index contributed by atoms with van der Waals surface area (Å²) in [7, 11) is 0. The van der Waals surface area contributed by atoms with E-state index in [-0.39, 0.29) is 5.97 Å². The molecule has 0 heterocycles. The molecule has 92 valence electrons. The molecular weight excluding hydrogens is 224 g/mol. The maximum Gasteiger partial charge on any atom is 0.302 e. The van der Waals surface area contributed by atoms with Gasteiger partial charge < -0.3 is 4.74 Å². The van der Waals surface area contributed by atoms with Gasteiger partial charge in [0.15, 0.2) is 0 Å². The number of benzene rings is 2. The average molecular weight is 240 g/mol. The van der Waals surface area contributed by atoms with Crippen LogP contribution in [0, 0.1) is 0 Å². The molecule has 0 bridgehead atoms. The lowest BCUT2D eigenvalue weighted by Crippen LogP contribution is -2.01. The molecule has 2 nitrogen and oxygen atoms in total. The molecule has 0 N–H and O–H groups in total. The topological polar surface area (TPSA) is 26.3 Å². The van der Waals surface area contributed by atoms with E-state index in [9.17, 15) is 4.79 Å². The first-order valence-corrected chi connectivity index (χ1v) is 5.95. The summed E-state index contributed by atoms with van der Waals surface area (Å²) in [5.41, 5.74) is 2.18. The first kappa shape index (κ1) is 12.4. The van der Waals surface area contributed by atoms with Crippen LogP contribution in [0.1, 0.15) is 19.4 Å². The van der Waals surface area contributed by atoms with E-state index in [0.29, 0.717) is 6.61 Å². The van der Waals surface area contributed by atoms with E-state index in [0.717, 1.165) is 11.1 Å². The number of hydrogen-bond donors (Lipinski definition) is 0. The standard InChI is InChI=1S/C16H16O2/c1-12(11-18-13(2)17)10-15-8-5-7-14-6-3-4-9-16(14)15/h3-10H,11H2,1-2H3/b12-10+. The minimum atomic E-state index is -0.249. The van der Waals surface area contributed by atoms with E-state index in [1.54, 1.807) is 0 Å². The number of hydrogen-bond acceptors (Lipinski definition) is 2. The molecule has 0 amide bonds. The summed E-state index contributed by atoms with van der Waals surface area (Å²) in [6.07, 6.45) is 2.06. The lowest BCUT2D eigenvalue weighted by atomic mass is 10.0. The Bertz CT molecular complexity index is 592. The van der Waals surface area contributed by atoms with Gasteiger partial charge in [-0.05, 0) is 28.8 Å². The van der Waals surface area contributed by atoms with Crippen LogP contribution in [0.3, 0.4) is 0 Å². The molecule has 0 aliphatic rings. The molecule has 2 aromatic rings. The Morgan fingerprint density at radius 3 is 2.61 bits per heavy atom. The molecule has 2 aromatic carbocycles. The fraction of sp³-hybridized carbons (Fsp3) is 0.188. The van der Waals surface area contributed by atoms with Crippen molar-refractivity contribution in [1.82, 2.24) is 0 Å². The molecule has 18 heavy (non-hydrogen) atoms. The number of fused-ring (bicyclic) bond motifs is 1. The lowest BCUT2D eigenvalue weighted by molar-refractivity contribution is -0.139. The Morgan fingerprint density at radius 2 is 1.83 bits per heavy atom. The second kappa shape index (κ2) is 5.50. The third-order valence-electron chi connectivity index (χ3n) is 2.73. The van der Waals surface area contributed by atoms with Crippen molar-refractivity contribution in [3.05, 3.63) is 53.6 Å². The molecule has 0 radical (unpaired) electrons. The second-order valence-electron chi connectivity index (χ2n) is 4.34. The predicted octanol–water partition coefficient (Wildman–Crippen LogP) is 3.81. The highest BCUT2D eigenvalue weighted by Crippen LogP contribution is 2.20. The maximum absolute atomic E-state index is 10.8. The van der Waals surface area contributed by atoms with Crippen LogP contribution in [0.2, 0.25) is 0 Å². The van der Waals surface area contributed by atoms with Gasteiger partial charge in [-0.25, -0.2) is 0 Å². The highest BCUT2D eigenvalue weighted by atomic mass is 16.5. The molecule has 0 saturated carbocycles. The summed E-state index contributed by atoms with van der Waals surface area (Å²) in [5, 5.41) is 2.42. The number of ether oxygens (including phenoxy) is 1. The quantitative estimate of drug-likeness (QED) is 0.763. The highest BCUT2D eigenvalue weighted by molar-refractivity contribution is 5.90. The first-order chi connectivity index (χ1) is 8.66. The van der Waals surface area contributed by atoms with E-state index in [1.807, 2.05) is 25.1 Å². The summed E-state index contributed by atoms with van der Waals surface area (Å²) in [6, 6.07) is 14.4. The molecule has 0 aliphatic heterocycles. The summed E-state index contributed by atoms with van der Waals surface area (Å²) in [4.78, 5) is 10.8. The fourth-order valence-corrected chi connectivity index (χ4v) is 1.90. The van der Waals surface area contributed by atoms with Gasteiger partial charge in [-0.3, -0.25) is 4.79 Å². The van der Waals surface area contributed by atoms with Crippen LogP contribution in [0.25, 0.3) is 16.8 Å². The van der Waals surface area contributed by atoms with Crippen LogP contribution in [0.5, 0.6) is 0 Å². The smallest absolute Gasteiger partial charge is 0.302 e. The Balaban J connectivity index is 2.31. The molecule has 0 saturated heterocycles. The number of carbonyl (C=O) groups excluding carboxylic acids is 1. The SMILES string of the molecule is CC(=O)OC/C(C)=C/c1cccc2ccccc12. The van der Waals surface area contributed by atoms with Crippen molar-refractivity contribution in [2.75, 3.05) is 6.61 Å². The summed E-state index contributed by atoms with van der Waals surface area (Å²) in [5.74, 6) is -0.249. The maximum atomic E-state index is 10.8. The Kier molecular flexibility index (Phi) is 3.78. The van der Waals surface area contributed by atoms with Crippen LogP contribution in [-0.2, 0) is 9.53 Å². The van der Waals surface area contributed by atoms with Gasteiger partial charge in [0.05, 0.1) is 0 Å². The predicted molar refractivity (Wildman–Crippen MR) is 74.2 cm³/mol. The third-order valence-corrected chi connectivity index (χ3v) is 2.73. The molecule has 2 rings (SSSR count). The van der Waals surface area contributed by atoms with Gasteiger partial charge in [0.25, 0.3) is 0 Å². The van der Waals surface area contributed by atoms with Gasteiger partial charge in [-0.2, -0.15) is 0 Å². The summed E-state index contributed by atoms with van der Waals surface area (Å²) >= 11 is 0. The number of esters is 1. The van der Waals surface area contributed by atoms with Crippen molar-refractivity contribution in [2.24, 2.45) is 0 Å². The van der Waals surface area contributed by atoms with Crippen LogP contribution in [0.4, 0.5) is 0 Å². The zero-order chi connectivity index (χ0) is 13.0.